The van der Waals surface area contributed by atoms with Crippen molar-refractivity contribution in [3.05, 3.63) is 64.7 Å². The molecule has 0 saturated carbocycles. The van der Waals surface area contributed by atoms with Gasteiger partial charge in [-0.25, -0.2) is 8.42 Å². The van der Waals surface area contributed by atoms with Crippen LogP contribution in [-0.2, 0) is 15.8 Å². The monoisotopic (exact) mass is 438 g/mol. The van der Waals surface area contributed by atoms with Gasteiger partial charge in [-0.1, -0.05) is 12.1 Å². The minimum Gasteiger partial charge on any atom is -0.492 e. The minimum atomic E-state index is -3.60. The molecule has 0 unspecified atom stereocenters. The lowest BCUT2D eigenvalue weighted by molar-refractivity contribution is 0.0633. The van der Waals surface area contributed by atoms with Gasteiger partial charge in [0, 0.05) is 24.6 Å². The fraction of sp³-hybridized carbons (Fsp3) is 0.318. The molecule has 160 valence electrons. The van der Waals surface area contributed by atoms with Gasteiger partial charge in [0.1, 0.15) is 11.6 Å². The van der Waals surface area contributed by atoms with E-state index in [0.29, 0.717) is 47.7 Å². The number of rotatable bonds is 4. The minimum absolute atomic E-state index is 0.0573. The van der Waals surface area contributed by atoms with Crippen LogP contribution in [0.15, 0.2) is 46.9 Å². The van der Waals surface area contributed by atoms with Crippen LogP contribution in [0, 0.1) is 17.2 Å². The maximum Gasteiger partial charge on any atom is 0.259 e. The van der Waals surface area contributed by atoms with Crippen LogP contribution >= 0.6 is 0 Å². The third-order valence-corrected chi connectivity index (χ3v) is 6.64. The zero-order chi connectivity index (χ0) is 22.0. The molecular weight excluding hydrogens is 416 g/mol. The molecule has 4 rings (SSSR count). The number of amides is 1. The summed E-state index contributed by atoms with van der Waals surface area (Å²) in [5.41, 5.74) is 8.07. The first kappa shape index (κ1) is 20.9. The highest BCUT2D eigenvalue weighted by molar-refractivity contribution is 7.89. The number of hydrogen-bond donors (Lipinski definition) is 1. The van der Waals surface area contributed by atoms with Crippen LogP contribution in [-0.4, -0.2) is 44.8 Å². The molecule has 31 heavy (non-hydrogen) atoms. The molecule has 8 nitrogen and oxygen atoms in total. The van der Waals surface area contributed by atoms with E-state index in [2.05, 4.69) is 4.40 Å². The number of likely N-dealkylation sites (tertiary alicyclic amines) is 1. The Hall–Kier alpha value is -3.38. The highest BCUT2D eigenvalue weighted by atomic mass is 32.2. The number of fused-ring (bicyclic) bond motifs is 1. The second-order valence-electron chi connectivity index (χ2n) is 7.75. The fourth-order valence-electron chi connectivity index (χ4n) is 4.00. The molecule has 2 aliphatic rings. The molecule has 1 saturated heterocycles. The SMILES string of the molecule is N#Cc1ccc(C(=O)N2CCC[C@H](COc3cccc4c3C(N)=NS(=O)(=O)C4)C2)cc1. The van der Waals surface area contributed by atoms with E-state index in [1.165, 1.54) is 0 Å². The number of ether oxygens (including phenoxy) is 1. The molecule has 9 heteroatoms. The smallest absolute Gasteiger partial charge is 0.259 e. The fourth-order valence-corrected chi connectivity index (χ4v) is 5.08. The van der Waals surface area contributed by atoms with Crippen molar-refractivity contribution in [3.8, 4) is 11.8 Å². The molecule has 2 aliphatic heterocycles. The van der Waals surface area contributed by atoms with E-state index in [1.807, 2.05) is 11.0 Å². The molecular formula is C22H22N4O4S. The van der Waals surface area contributed by atoms with Crippen LogP contribution in [0.3, 0.4) is 0 Å². The zero-order valence-electron chi connectivity index (χ0n) is 16.8. The lowest BCUT2D eigenvalue weighted by Crippen LogP contribution is -2.41. The third-order valence-electron chi connectivity index (χ3n) is 5.49. The van der Waals surface area contributed by atoms with Gasteiger partial charge in [-0.05, 0) is 48.7 Å². The summed E-state index contributed by atoms with van der Waals surface area (Å²) >= 11 is 0. The van der Waals surface area contributed by atoms with Crippen molar-refractivity contribution in [1.82, 2.24) is 4.90 Å². The molecule has 2 N–H and O–H groups in total. The summed E-state index contributed by atoms with van der Waals surface area (Å²) in [6, 6.07) is 13.9. The second kappa shape index (κ2) is 8.40. The number of sulfonamides is 1. The molecule has 0 bridgehead atoms. The van der Waals surface area contributed by atoms with Crippen molar-refractivity contribution in [2.75, 3.05) is 19.7 Å². The highest BCUT2D eigenvalue weighted by Gasteiger charge is 2.27. The number of carbonyl (C=O) groups excluding carboxylic acids is 1. The topological polar surface area (TPSA) is 126 Å². The maximum atomic E-state index is 12.8. The number of nitriles is 1. The van der Waals surface area contributed by atoms with E-state index in [9.17, 15) is 13.2 Å². The first-order valence-electron chi connectivity index (χ1n) is 9.99. The van der Waals surface area contributed by atoms with E-state index in [4.69, 9.17) is 15.7 Å². The van der Waals surface area contributed by atoms with Crippen molar-refractivity contribution >= 4 is 21.8 Å². The van der Waals surface area contributed by atoms with Gasteiger partial charge in [0.15, 0.2) is 0 Å². The molecule has 0 spiro atoms. The first-order valence-corrected chi connectivity index (χ1v) is 11.6. The quantitative estimate of drug-likeness (QED) is 0.778. The van der Waals surface area contributed by atoms with Crippen LogP contribution in [0.1, 0.15) is 39.9 Å². The van der Waals surface area contributed by atoms with Crippen molar-refractivity contribution in [3.63, 3.8) is 0 Å². The Bertz CT molecular complexity index is 1180. The Kier molecular flexibility index (Phi) is 5.65. The third kappa shape index (κ3) is 4.54. The maximum absolute atomic E-state index is 12.8. The number of nitrogens with zero attached hydrogens (tertiary/aromatic N) is 3. The lowest BCUT2D eigenvalue weighted by Gasteiger charge is -2.33. The van der Waals surface area contributed by atoms with Gasteiger partial charge in [0.25, 0.3) is 15.9 Å². The van der Waals surface area contributed by atoms with Gasteiger partial charge in [0.2, 0.25) is 0 Å². The van der Waals surface area contributed by atoms with Crippen molar-refractivity contribution in [2.45, 2.75) is 18.6 Å². The van der Waals surface area contributed by atoms with Gasteiger partial charge in [0.05, 0.1) is 29.6 Å². The van der Waals surface area contributed by atoms with E-state index in [1.54, 1.807) is 42.5 Å². The summed E-state index contributed by atoms with van der Waals surface area (Å²) in [5, 5.41) is 8.92. The Morgan fingerprint density at radius 2 is 2.03 bits per heavy atom. The van der Waals surface area contributed by atoms with E-state index >= 15 is 0 Å². The summed E-state index contributed by atoms with van der Waals surface area (Å²) in [7, 11) is -3.60. The normalized spacial score (nSPS) is 19.6. The summed E-state index contributed by atoms with van der Waals surface area (Å²) in [4.78, 5) is 14.6. The molecule has 2 heterocycles. The molecule has 0 radical (unpaired) electrons. The predicted molar refractivity (Wildman–Crippen MR) is 115 cm³/mol. The van der Waals surface area contributed by atoms with Crippen LogP contribution in [0.5, 0.6) is 5.75 Å². The average Bonchev–Trinajstić information content (AvgIpc) is 2.76. The Labute approximate surface area is 181 Å². The van der Waals surface area contributed by atoms with Gasteiger partial charge < -0.3 is 15.4 Å². The number of hydrogen-bond acceptors (Lipinski definition) is 6. The van der Waals surface area contributed by atoms with Gasteiger partial charge in [-0.3, -0.25) is 4.79 Å². The summed E-state index contributed by atoms with van der Waals surface area (Å²) in [5.74, 6) is 0.323. The molecule has 0 aromatic heterocycles. The molecule has 0 aliphatic carbocycles. The Morgan fingerprint density at radius 3 is 2.77 bits per heavy atom. The van der Waals surface area contributed by atoms with Crippen LogP contribution < -0.4 is 10.5 Å². The number of benzene rings is 2. The van der Waals surface area contributed by atoms with Crippen LogP contribution in [0.2, 0.25) is 0 Å². The summed E-state index contributed by atoms with van der Waals surface area (Å²) < 4.78 is 33.3. The second-order valence-corrected chi connectivity index (χ2v) is 9.39. The van der Waals surface area contributed by atoms with Gasteiger partial charge >= 0.3 is 0 Å². The number of piperidine rings is 1. The molecule has 2 aromatic carbocycles. The van der Waals surface area contributed by atoms with E-state index < -0.39 is 10.0 Å². The highest BCUT2D eigenvalue weighted by Crippen LogP contribution is 2.29. The number of nitrogens with two attached hydrogens (primary N) is 1. The van der Waals surface area contributed by atoms with Gasteiger partial charge in [-0.15, -0.1) is 4.40 Å². The van der Waals surface area contributed by atoms with Gasteiger partial charge in [-0.2, -0.15) is 5.26 Å². The lowest BCUT2D eigenvalue weighted by atomic mass is 9.98. The van der Waals surface area contributed by atoms with Crippen LogP contribution in [0.25, 0.3) is 0 Å². The standard InChI is InChI=1S/C22H22N4O4S/c23-11-15-6-8-17(9-7-15)22(27)26-10-2-3-16(12-26)13-30-19-5-1-4-18-14-31(28,29)25-21(24)20(18)19/h1,4-9,16H,2-3,10,12-14H2,(H2,24,25)/t16-/m0/s1. The van der Waals surface area contributed by atoms with Crippen molar-refractivity contribution < 1.29 is 17.9 Å². The summed E-state index contributed by atoms with van der Waals surface area (Å²) in [6.07, 6.45) is 1.79. The number of carbonyl (C=O) groups is 1. The molecule has 1 fully saturated rings. The van der Waals surface area contributed by atoms with Crippen molar-refractivity contribution in [2.24, 2.45) is 16.0 Å². The van der Waals surface area contributed by atoms with Crippen molar-refractivity contribution in [1.29, 1.82) is 5.26 Å². The molecule has 1 atom stereocenters. The Morgan fingerprint density at radius 1 is 1.26 bits per heavy atom. The Balaban J connectivity index is 1.43. The number of amidine groups is 1. The summed E-state index contributed by atoms with van der Waals surface area (Å²) in [6.45, 7) is 1.62. The molecule has 2 aromatic rings. The van der Waals surface area contributed by atoms with E-state index in [-0.39, 0.29) is 23.4 Å². The first-order chi connectivity index (χ1) is 14.9. The zero-order valence-corrected chi connectivity index (χ0v) is 17.6. The molecule has 1 amide bonds. The predicted octanol–water partition coefficient (Wildman–Crippen LogP) is 2.04. The largest absolute Gasteiger partial charge is 0.492 e. The van der Waals surface area contributed by atoms with E-state index in [0.717, 1.165) is 12.8 Å². The average molecular weight is 439 g/mol. The van der Waals surface area contributed by atoms with Crippen LogP contribution in [0.4, 0.5) is 0 Å².